The summed E-state index contributed by atoms with van der Waals surface area (Å²) in [4.78, 5) is 2.48. The van der Waals surface area contributed by atoms with E-state index in [9.17, 15) is 0 Å². The molecule has 0 spiro atoms. The normalized spacial score (nSPS) is 11.6. The first-order valence-corrected chi connectivity index (χ1v) is 7.67. The van der Waals surface area contributed by atoms with Crippen molar-refractivity contribution in [3.8, 4) is 0 Å². The molecular weight excluding hydrogens is 302 g/mol. The predicted octanol–water partition coefficient (Wildman–Crippen LogP) is 3.87. The molecule has 108 valence electrons. The fourth-order valence-corrected chi connectivity index (χ4v) is 2.77. The van der Waals surface area contributed by atoms with E-state index >= 15 is 0 Å². The summed E-state index contributed by atoms with van der Waals surface area (Å²) in [5, 5.41) is 3.48. The van der Waals surface area contributed by atoms with Gasteiger partial charge in [-0.15, -0.1) is 0 Å². The lowest BCUT2D eigenvalue weighted by Gasteiger charge is -2.30. The van der Waals surface area contributed by atoms with Crippen molar-refractivity contribution in [3.05, 3.63) is 22.2 Å². The molecule has 0 aliphatic rings. The first-order chi connectivity index (χ1) is 8.82. The van der Waals surface area contributed by atoms with E-state index in [0.717, 1.165) is 34.5 Å². The van der Waals surface area contributed by atoms with Gasteiger partial charge in [-0.3, -0.25) is 4.90 Å². The summed E-state index contributed by atoms with van der Waals surface area (Å²) in [7, 11) is 0. The van der Waals surface area contributed by atoms with Crippen molar-refractivity contribution in [2.75, 3.05) is 24.1 Å². The van der Waals surface area contributed by atoms with Crippen LogP contribution in [0.2, 0.25) is 0 Å². The summed E-state index contributed by atoms with van der Waals surface area (Å²) in [6.07, 6.45) is 0. The molecule has 0 heterocycles. The van der Waals surface area contributed by atoms with E-state index in [-0.39, 0.29) is 0 Å². The Hall–Kier alpha value is -0.740. The van der Waals surface area contributed by atoms with E-state index < -0.39 is 0 Å². The molecule has 0 amide bonds. The van der Waals surface area contributed by atoms with Crippen molar-refractivity contribution in [2.24, 2.45) is 0 Å². The molecule has 19 heavy (non-hydrogen) atoms. The van der Waals surface area contributed by atoms with Crippen LogP contribution in [0.3, 0.4) is 0 Å². The lowest BCUT2D eigenvalue weighted by atomic mass is 10.2. The molecular formula is C15H26BrN3. The maximum absolute atomic E-state index is 5.88. The molecule has 0 fully saturated rings. The standard InChI is InChI=1S/C15H26BrN3/c1-10(2)19(11(3)4)7-6-18-15-8-12(5)14(17)9-13(15)16/h8-11,18H,6-7,17H2,1-5H3. The van der Waals surface area contributed by atoms with Crippen LogP contribution in [0.5, 0.6) is 0 Å². The number of nitrogens with one attached hydrogen (secondary N) is 1. The summed E-state index contributed by atoms with van der Waals surface area (Å²) >= 11 is 3.55. The molecule has 1 rings (SSSR count). The highest BCUT2D eigenvalue weighted by molar-refractivity contribution is 9.10. The number of rotatable bonds is 6. The van der Waals surface area contributed by atoms with Gasteiger partial charge in [0.05, 0.1) is 0 Å². The molecule has 1 aromatic carbocycles. The minimum Gasteiger partial charge on any atom is -0.398 e. The Morgan fingerprint density at radius 1 is 1.21 bits per heavy atom. The molecule has 0 atom stereocenters. The molecule has 3 N–H and O–H groups in total. The van der Waals surface area contributed by atoms with Crippen LogP contribution in [0.15, 0.2) is 16.6 Å². The number of hydrogen-bond donors (Lipinski definition) is 2. The second-order valence-corrected chi connectivity index (χ2v) is 6.40. The van der Waals surface area contributed by atoms with Crippen LogP contribution in [-0.4, -0.2) is 30.1 Å². The topological polar surface area (TPSA) is 41.3 Å². The molecule has 4 heteroatoms. The molecule has 0 saturated carbocycles. The Morgan fingerprint density at radius 3 is 2.32 bits per heavy atom. The van der Waals surface area contributed by atoms with E-state index in [1.807, 2.05) is 13.0 Å². The Morgan fingerprint density at radius 2 is 1.79 bits per heavy atom. The van der Waals surface area contributed by atoms with Gasteiger partial charge in [0.25, 0.3) is 0 Å². The second-order valence-electron chi connectivity index (χ2n) is 5.54. The maximum atomic E-state index is 5.88. The summed E-state index contributed by atoms with van der Waals surface area (Å²) in [6, 6.07) is 5.19. The van der Waals surface area contributed by atoms with Gasteiger partial charge in [0.1, 0.15) is 0 Å². The lowest BCUT2D eigenvalue weighted by molar-refractivity contribution is 0.182. The molecule has 0 saturated heterocycles. The minimum atomic E-state index is 0.568. The van der Waals surface area contributed by atoms with Gasteiger partial charge in [0.15, 0.2) is 0 Å². The van der Waals surface area contributed by atoms with Crippen molar-refractivity contribution in [1.29, 1.82) is 0 Å². The van der Waals surface area contributed by atoms with E-state index in [4.69, 9.17) is 5.73 Å². The van der Waals surface area contributed by atoms with Crippen LogP contribution in [0, 0.1) is 6.92 Å². The first kappa shape index (κ1) is 16.3. The van der Waals surface area contributed by atoms with Crippen molar-refractivity contribution in [2.45, 2.75) is 46.7 Å². The van der Waals surface area contributed by atoms with Crippen LogP contribution in [0.4, 0.5) is 11.4 Å². The average molecular weight is 328 g/mol. The van der Waals surface area contributed by atoms with Crippen molar-refractivity contribution >= 4 is 27.3 Å². The first-order valence-electron chi connectivity index (χ1n) is 6.88. The Kier molecular flexibility index (Phi) is 6.14. The maximum Gasteiger partial charge on any atom is 0.0489 e. The molecule has 0 aliphatic heterocycles. The highest BCUT2D eigenvalue weighted by atomic mass is 79.9. The zero-order valence-electron chi connectivity index (χ0n) is 12.6. The van der Waals surface area contributed by atoms with Gasteiger partial charge in [-0.1, -0.05) is 0 Å². The molecule has 0 aromatic heterocycles. The van der Waals surface area contributed by atoms with Gasteiger partial charge < -0.3 is 11.1 Å². The average Bonchev–Trinajstić information content (AvgIpc) is 2.29. The molecule has 0 aliphatic carbocycles. The Labute approximate surface area is 125 Å². The highest BCUT2D eigenvalue weighted by Crippen LogP contribution is 2.27. The lowest BCUT2D eigenvalue weighted by Crippen LogP contribution is -2.40. The van der Waals surface area contributed by atoms with Gasteiger partial charge in [-0.05, 0) is 68.2 Å². The predicted molar refractivity (Wildman–Crippen MR) is 88.8 cm³/mol. The third-order valence-electron chi connectivity index (χ3n) is 3.37. The summed E-state index contributed by atoms with van der Waals surface area (Å²) in [5.74, 6) is 0. The zero-order valence-corrected chi connectivity index (χ0v) is 14.2. The molecule has 3 nitrogen and oxygen atoms in total. The molecule has 0 bridgehead atoms. The quantitative estimate of drug-likeness (QED) is 0.779. The van der Waals surface area contributed by atoms with Gasteiger partial charge >= 0.3 is 0 Å². The third-order valence-corrected chi connectivity index (χ3v) is 4.02. The number of benzene rings is 1. The number of nitrogen functional groups attached to an aromatic ring is 1. The Balaban J connectivity index is 2.60. The van der Waals surface area contributed by atoms with Crippen LogP contribution in [0.1, 0.15) is 33.3 Å². The number of halogens is 1. The molecule has 0 radical (unpaired) electrons. The molecule has 1 aromatic rings. The van der Waals surface area contributed by atoms with Gasteiger partial charge in [0.2, 0.25) is 0 Å². The largest absolute Gasteiger partial charge is 0.398 e. The number of nitrogens with zero attached hydrogens (tertiary/aromatic N) is 1. The van der Waals surface area contributed by atoms with Crippen LogP contribution < -0.4 is 11.1 Å². The van der Waals surface area contributed by atoms with E-state index in [1.54, 1.807) is 0 Å². The van der Waals surface area contributed by atoms with Crippen LogP contribution in [0.25, 0.3) is 0 Å². The third kappa shape index (κ3) is 4.69. The summed E-state index contributed by atoms with van der Waals surface area (Å²) in [6.45, 7) is 12.9. The fraction of sp³-hybridized carbons (Fsp3) is 0.600. The van der Waals surface area contributed by atoms with Crippen LogP contribution in [-0.2, 0) is 0 Å². The number of anilines is 2. The monoisotopic (exact) mass is 327 g/mol. The number of aryl methyl sites for hydroxylation is 1. The second kappa shape index (κ2) is 7.15. The van der Waals surface area contributed by atoms with Gasteiger partial charge in [-0.25, -0.2) is 0 Å². The molecule has 0 unspecified atom stereocenters. The van der Waals surface area contributed by atoms with Gasteiger partial charge in [0, 0.05) is 41.0 Å². The smallest absolute Gasteiger partial charge is 0.0489 e. The van der Waals surface area contributed by atoms with Crippen molar-refractivity contribution < 1.29 is 0 Å². The number of nitrogens with two attached hydrogens (primary N) is 1. The summed E-state index contributed by atoms with van der Waals surface area (Å²) < 4.78 is 1.02. The van der Waals surface area contributed by atoms with Crippen molar-refractivity contribution in [3.63, 3.8) is 0 Å². The van der Waals surface area contributed by atoms with Gasteiger partial charge in [-0.2, -0.15) is 0 Å². The fourth-order valence-electron chi connectivity index (χ4n) is 2.26. The van der Waals surface area contributed by atoms with Crippen LogP contribution >= 0.6 is 15.9 Å². The highest BCUT2D eigenvalue weighted by Gasteiger charge is 2.12. The summed E-state index contributed by atoms with van der Waals surface area (Å²) in [5.41, 5.74) is 8.92. The number of hydrogen-bond acceptors (Lipinski definition) is 3. The zero-order chi connectivity index (χ0) is 14.6. The SMILES string of the molecule is Cc1cc(NCCN(C(C)C)C(C)C)c(Br)cc1N. The van der Waals surface area contributed by atoms with Crippen molar-refractivity contribution in [1.82, 2.24) is 4.90 Å². The Bertz CT molecular complexity index is 408. The van der Waals surface area contributed by atoms with E-state index in [1.165, 1.54) is 0 Å². The van der Waals surface area contributed by atoms with E-state index in [2.05, 4.69) is 59.9 Å². The minimum absolute atomic E-state index is 0.568. The van der Waals surface area contributed by atoms with E-state index in [0.29, 0.717) is 12.1 Å².